The molecule has 2 amide bonds. The van der Waals surface area contributed by atoms with E-state index >= 15 is 0 Å². The molecule has 19 heteroatoms. The number of esters is 1. The smallest absolute Gasteiger partial charge is 0.731 e. The predicted octanol–water partition coefficient (Wildman–Crippen LogP) is -5.01. The number of oxime groups is 1. The van der Waals surface area contributed by atoms with E-state index in [1.807, 2.05) is 0 Å². The number of anilines is 1. The summed E-state index contributed by atoms with van der Waals surface area (Å²) in [5.41, 5.74) is 5.61. The summed E-state index contributed by atoms with van der Waals surface area (Å²) >= 11 is 1.19. The van der Waals surface area contributed by atoms with Crippen molar-refractivity contribution >= 4 is 50.8 Å². The predicted molar refractivity (Wildman–Crippen MR) is 103 cm³/mol. The van der Waals surface area contributed by atoms with E-state index in [2.05, 4.69) is 25.8 Å². The SMILES string of the molecule is CCOC(=O)c1cnnn1C1C(NC(=O)/C=N/OCc2csc(N)n2)C(=O)N1S(=O)(=O)[O-].[Na+]. The van der Waals surface area contributed by atoms with E-state index in [1.165, 1.54) is 18.3 Å². The van der Waals surface area contributed by atoms with Crippen LogP contribution in [0.2, 0.25) is 0 Å². The molecule has 0 bridgehead atoms. The van der Waals surface area contributed by atoms with Crippen LogP contribution in [0.3, 0.4) is 0 Å². The summed E-state index contributed by atoms with van der Waals surface area (Å²) in [6.45, 7) is 1.44. The van der Waals surface area contributed by atoms with Crippen molar-refractivity contribution < 1.29 is 66.5 Å². The monoisotopic (exact) mass is 510 g/mol. The summed E-state index contributed by atoms with van der Waals surface area (Å²) in [4.78, 5) is 45.2. The molecule has 2 aromatic heterocycles. The molecule has 2 atom stereocenters. The molecule has 172 valence electrons. The summed E-state index contributed by atoms with van der Waals surface area (Å²) in [7, 11) is -5.30. The van der Waals surface area contributed by atoms with Gasteiger partial charge in [-0.1, -0.05) is 10.4 Å². The van der Waals surface area contributed by atoms with E-state index in [0.29, 0.717) is 21.7 Å². The third-order valence-electron chi connectivity index (χ3n) is 3.90. The summed E-state index contributed by atoms with van der Waals surface area (Å²) < 4.78 is 40.0. The topological polar surface area (TPSA) is 224 Å². The molecular weight excluding hydrogens is 495 g/mol. The van der Waals surface area contributed by atoms with Crippen molar-refractivity contribution in [2.75, 3.05) is 12.3 Å². The van der Waals surface area contributed by atoms with Gasteiger partial charge < -0.3 is 25.2 Å². The largest absolute Gasteiger partial charge is 1.00 e. The number of hydrogen-bond acceptors (Lipinski definition) is 14. The Morgan fingerprint density at radius 2 is 2.18 bits per heavy atom. The minimum Gasteiger partial charge on any atom is -0.731 e. The van der Waals surface area contributed by atoms with Crippen LogP contribution in [0.1, 0.15) is 29.3 Å². The third kappa shape index (κ3) is 6.03. The summed E-state index contributed by atoms with van der Waals surface area (Å²) in [6.07, 6.45) is -0.0409. The zero-order valence-corrected chi connectivity index (χ0v) is 20.8. The number of thiazole rings is 1. The van der Waals surface area contributed by atoms with Crippen molar-refractivity contribution in [2.45, 2.75) is 25.7 Å². The Balaban J connectivity index is 0.00000385. The van der Waals surface area contributed by atoms with Gasteiger partial charge >= 0.3 is 35.5 Å². The average Bonchev–Trinajstić information content (AvgIpc) is 3.35. The molecule has 16 nitrogen and oxygen atoms in total. The fourth-order valence-electron chi connectivity index (χ4n) is 2.63. The second-order valence-electron chi connectivity index (χ2n) is 5.96. The van der Waals surface area contributed by atoms with Crippen LogP contribution >= 0.6 is 11.3 Å². The first-order valence-corrected chi connectivity index (χ1v) is 10.9. The van der Waals surface area contributed by atoms with Crippen LogP contribution in [-0.2, 0) is 36.1 Å². The number of rotatable bonds is 9. The van der Waals surface area contributed by atoms with Crippen molar-refractivity contribution in [3.8, 4) is 0 Å². The number of nitrogens with one attached hydrogen (secondary N) is 1. The van der Waals surface area contributed by atoms with Crippen LogP contribution in [0.15, 0.2) is 16.7 Å². The summed E-state index contributed by atoms with van der Waals surface area (Å²) in [6, 6.07) is -1.56. The Morgan fingerprint density at radius 3 is 2.79 bits per heavy atom. The Labute approximate surface area is 212 Å². The van der Waals surface area contributed by atoms with E-state index in [0.717, 1.165) is 6.20 Å². The Morgan fingerprint density at radius 1 is 1.45 bits per heavy atom. The molecule has 0 aromatic carbocycles. The second-order valence-corrected chi connectivity index (χ2v) is 8.10. The number of nitrogens with two attached hydrogens (primary N) is 1. The molecule has 3 rings (SSSR count). The molecule has 0 aliphatic carbocycles. The van der Waals surface area contributed by atoms with Crippen molar-refractivity contribution in [1.82, 2.24) is 29.6 Å². The van der Waals surface area contributed by atoms with E-state index in [-0.39, 0.29) is 52.8 Å². The van der Waals surface area contributed by atoms with Gasteiger partial charge in [-0.2, -0.15) is 0 Å². The Kier molecular flexibility index (Phi) is 8.86. The zero-order chi connectivity index (χ0) is 23.5. The van der Waals surface area contributed by atoms with Crippen LogP contribution in [0, 0.1) is 0 Å². The molecule has 1 aliphatic rings. The molecule has 0 spiro atoms. The van der Waals surface area contributed by atoms with Crippen LogP contribution in [0.25, 0.3) is 0 Å². The molecule has 3 N–H and O–H groups in total. The second kappa shape index (κ2) is 11.0. The van der Waals surface area contributed by atoms with Gasteiger partial charge in [-0.3, -0.25) is 9.59 Å². The van der Waals surface area contributed by atoms with E-state index in [4.69, 9.17) is 15.3 Å². The van der Waals surface area contributed by atoms with Gasteiger partial charge in [-0.05, 0) is 6.92 Å². The average molecular weight is 510 g/mol. The fourth-order valence-corrected chi connectivity index (χ4v) is 3.98. The number of ether oxygens (including phenoxy) is 1. The normalized spacial score (nSPS) is 17.9. The first kappa shape index (κ1) is 26.6. The van der Waals surface area contributed by atoms with E-state index in [1.54, 1.807) is 5.38 Å². The molecule has 1 fully saturated rings. The molecule has 0 saturated carbocycles. The van der Waals surface area contributed by atoms with E-state index in [9.17, 15) is 27.4 Å². The number of carbonyl (C=O) groups excluding carboxylic acids is 3. The number of carbonyl (C=O) groups is 3. The van der Waals surface area contributed by atoms with Gasteiger partial charge in [0.2, 0.25) is 0 Å². The summed E-state index contributed by atoms with van der Waals surface area (Å²) in [5.74, 6) is -3.12. The van der Waals surface area contributed by atoms with Crippen LogP contribution in [0.4, 0.5) is 5.13 Å². The zero-order valence-electron chi connectivity index (χ0n) is 17.1. The first-order chi connectivity index (χ1) is 15.1. The van der Waals surface area contributed by atoms with Crippen molar-refractivity contribution in [3.63, 3.8) is 0 Å². The maximum absolute atomic E-state index is 12.2. The number of aromatic nitrogens is 4. The van der Waals surface area contributed by atoms with Gasteiger partial charge in [0.1, 0.15) is 6.21 Å². The molecule has 2 unspecified atom stereocenters. The van der Waals surface area contributed by atoms with Crippen LogP contribution in [0.5, 0.6) is 0 Å². The van der Waals surface area contributed by atoms with Gasteiger partial charge in [-0.25, -0.2) is 27.2 Å². The maximum atomic E-state index is 12.2. The van der Waals surface area contributed by atoms with Gasteiger partial charge in [0.25, 0.3) is 11.8 Å². The maximum Gasteiger partial charge on any atom is 1.00 e. The standard InChI is InChI=1S/C14H16N8O8S2.Na/c1-2-29-13(25)8-3-16-20-21(8)11-10(12(24)22(11)32(26,27)28)19-9(23)4-17-30-5-7-6-31-14(15)18-7;/h3-4,6,10-11H,2,5H2,1H3,(H2,15,18)(H,19,23)(H,26,27,28);/q;+1/p-1/b17-4+;. The third-order valence-corrected chi connectivity index (χ3v) is 5.50. The summed E-state index contributed by atoms with van der Waals surface area (Å²) in [5, 5.41) is 14.6. The minimum absolute atomic E-state index is 0. The molecule has 0 radical (unpaired) electrons. The first-order valence-electron chi connectivity index (χ1n) is 8.65. The van der Waals surface area contributed by atoms with Gasteiger partial charge in [-0.15, -0.1) is 16.4 Å². The van der Waals surface area contributed by atoms with Crippen LogP contribution < -0.4 is 40.6 Å². The quantitative estimate of drug-likeness (QED) is 0.0807. The molecular formula is C14H15N8NaO8S2. The molecule has 1 saturated heterocycles. The van der Waals surface area contributed by atoms with Gasteiger partial charge in [0.05, 0.1) is 18.5 Å². The molecule has 1 aliphatic heterocycles. The van der Waals surface area contributed by atoms with Gasteiger partial charge in [0.15, 0.2) is 39.9 Å². The fraction of sp³-hybridized carbons (Fsp3) is 0.357. The van der Waals surface area contributed by atoms with Gasteiger partial charge in [0, 0.05) is 5.38 Å². The Hall–Kier alpha value is -2.64. The number of nitrogens with zero attached hydrogens (tertiary/aromatic N) is 6. The number of β-lactam (4-membered cyclic amide) rings is 1. The number of amides is 2. The Bertz CT molecular complexity index is 1170. The van der Waals surface area contributed by atoms with E-state index < -0.39 is 40.3 Å². The van der Waals surface area contributed by atoms with Crippen molar-refractivity contribution in [2.24, 2.45) is 5.16 Å². The molecule has 33 heavy (non-hydrogen) atoms. The number of nitrogen functional groups attached to an aromatic ring is 1. The van der Waals surface area contributed by atoms with Crippen molar-refractivity contribution in [3.05, 3.63) is 23.0 Å². The number of hydrogen-bond donors (Lipinski definition) is 2. The minimum atomic E-state index is -5.30. The van der Waals surface area contributed by atoms with Crippen LogP contribution in [-0.4, -0.2) is 73.9 Å². The molecule has 2 aromatic rings. The van der Waals surface area contributed by atoms with Crippen molar-refractivity contribution in [1.29, 1.82) is 0 Å². The molecule has 3 heterocycles.